The molecule has 0 aromatic heterocycles. The van der Waals surface area contributed by atoms with Crippen LogP contribution in [0.4, 0.5) is 0 Å². The quantitative estimate of drug-likeness (QED) is 0.288. The molecule has 4 fully saturated rings. The summed E-state index contributed by atoms with van der Waals surface area (Å²) < 4.78 is 10.4. The van der Waals surface area contributed by atoms with Crippen LogP contribution in [0.25, 0.3) is 0 Å². The summed E-state index contributed by atoms with van der Waals surface area (Å²) in [6, 6.07) is 0.737. The third-order valence-electron chi connectivity index (χ3n) is 10.8. The summed E-state index contributed by atoms with van der Waals surface area (Å²) in [6.07, 6.45) is 5.06. The van der Waals surface area contributed by atoms with Gasteiger partial charge >= 0.3 is 0 Å². The number of ether oxygens (including phenoxy) is 2. The summed E-state index contributed by atoms with van der Waals surface area (Å²) in [5.74, 6) is 2.32. The summed E-state index contributed by atoms with van der Waals surface area (Å²) in [6.45, 7) is 41.1. The van der Waals surface area contributed by atoms with Crippen molar-refractivity contribution >= 4 is 5.91 Å². The van der Waals surface area contributed by atoms with Crippen molar-refractivity contribution in [3.05, 3.63) is 0 Å². The summed E-state index contributed by atoms with van der Waals surface area (Å²) >= 11 is 0. The molecule has 3 atom stereocenters. The van der Waals surface area contributed by atoms with E-state index in [0.29, 0.717) is 22.8 Å². The standard InChI is InChI=1S/C11H21NO.C11H23NO.C9H17NO.3C2H6/c1-9(2)11(3)4-5-12(8-11)10-6-13-7-10;1-10(2)11(3)6-5-7-12(11)8-9-13-4;1-7(2)9(3)5-6-10(4)8(9)11;3*1-2/h9-10H,4-8H2,1-3H3;10H,5-9H2,1-4H3;7H,5-6H2,1-4H3;3*1-2H3. The largest absolute Gasteiger partial charge is 0.383 e. The summed E-state index contributed by atoms with van der Waals surface area (Å²) in [7, 11) is 3.67. The number of likely N-dealkylation sites (tertiary alicyclic amines) is 3. The Morgan fingerprint density at radius 2 is 1.37 bits per heavy atom. The second-order valence-corrected chi connectivity index (χ2v) is 13.9. The first kappa shape index (κ1) is 44.4. The lowest BCUT2D eigenvalue weighted by Crippen LogP contribution is -2.48. The molecule has 0 N–H and O–H groups in total. The predicted octanol–water partition coefficient (Wildman–Crippen LogP) is 8.49. The fraction of sp³-hybridized carbons (Fsp3) is 0.973. The maximum absolute atomic E-state index is 11.6. The lowest BCUT2D eigenvalue weighted by Gasteiger charge is -2.38. The molecule has 0 aliphatic carbocycles. The van der Waals surface area contributed by atoms with Crippen molar-refractivity contribution in [1.82, 2.24) is 14.7 Å². The van der Waals surface area contributed by atoms with Crippen LogP contribution in [0.15, 0.2) is 0 Å². The van der Waals surface area contributed by atoms with Crippen LogP contribution in [-0.2, 0) is 14.3 Å². The average Bonchev–Trinajstić information content (AvgIpc) is 3.64. The highest BCUT2D eigenvalue weighted by Gasteiger charge is 2.43. The van der Waals surface area contributed by atoms with Gasteiger partial charge in [-0.05, 0) is 68.9 Å². The van der Waals surface area contributed by atoms with Crippen molar-refractivity contribution in [1.29, 1.82) is 0 Å². The molecule has 1 amide bonds. The summed E-state index contributed by atoms with van der Waals surface area (Å²) in [5, 5.41) is 0. The number of amides is 1. The molecular formula is C37H79N3O3. The highest BCUT2D eigenvalue weighted by Crippen LogP contribution is 2.39. The highest BCUT2D eigenvalue weighted by atomic mass is 16.5. The van der Waals surface area contributed by atoms with E-state index in [-0.39, 0.29) is 5.41 Å². The predicted molar refractivity (Wildman–Crippen MR) is 189 cm³/mol. The maximum atomic E-state index is 11.6. The minimum atomic E-state index is -0.0885. The van der Waals surface area contributed by atoms with Gasteiger partial charge in [0.2, 0.25) is 5.91 Å². The fourth-order valence-electron chi connectivity index (χ4n) is 6.08. The third kappa shape index (κ3) is 12.6. The van der Waals surface area contributed by atoms with Crippen molar-refractivity contribution in [2.75, 3.05) is 66.7 Å². The molecule has 3 unspecified atom stereocenters. The summed E-state index contributed by atoms with van der Waals surface area (Å²) in [5.41, 5.74) is 0.878. The number of carbonyl (C=O) groups excluding carboxylic acids is 1. The Morgan fingerprint density at radius 1 is 0.814 bits per heavy atom. The van der Waals surface area contributed by atoms with Crippen molar-refractivity contribution in [2.45, 2.75) is 141 Å². The molecule has 43 heavy (non-hydrogen) atoms. The Labute approximate surface area is 271 Å². The van der Waals surface area contributed by atoms with Crippen LogP contribution in [-0.4, -0.2) is 98.9 Å². The second-order valence-electron chi connectivity index (χ2n) is 13.9. The van der Waals surface area contributed by atoms with Gasteiger partial charge in [0.25, 0.3) is 0 Å². The molecule has 260 valence electrons. The number of methoxy groups -OCH3 is 1. The van der Waals surface area contributed by atoms with Gasteiger partial charge in [-0.1, -0.05) is 96.9 Å². The molecule has 6 nitrogen and oxygen atoms in total. The zero-order valence-corrected chi connectivity index (χ0v) is 32.4. The van der Waals surface area contributed by atoms with Gasteiger partial charge in [0, 0.05) is 39.3 Å². The molecule has 0 saturated carbocycles. The maximum Gasteiger partial charge on any atom is 0.228 e. The Kier molecular flexibility index (Phi) is 22.7. The Morgan fingerprint density at radius 3 is 1.70 bits per heavy atom. The van der Waals surface area contributed by atoms with E-state index in [1.807, 2.05) is 53.5 Å². The molecule has 4 saturated heterocycles. The first-order valence-electron chi connectivity index (χ1n) is 18.0. The molecule has 0 radical (unpaired) electrons. The molecular weight excluding hydrogens is 534 g/mol. The minimum absolute atomic E-state index is 0.0885. The lowest BCUT2D eigenvalue weighted by atomic mass is 9.78. The first-order chi connectivity index (χ1) is 20.2. The van der Waals surface area contributed by atoms with Crippen LogP contribution in [0, 0.1) is 28.6 Å². The van der Waals surface area contributed by atoms with E-state index in [2.05, 4.69) is 72.1 Å². The van der Waals surface area contributed by atoms with Crippen LogP contribution in [0.2, 0.25) is 0 Å². The molecule has 0 aromatic carbocycles. The van der Waals surface area contributed by atoms with E-state index < -0.39 is 0 Å². The molecule has 4 aliphatic heterocycles. The van der Waals surface area contributed by atoms with Gasteiger partial charge in [0.05, 0.1) is 31.3 Å². The number of hydrogen-bond acceptors (Lipinski definition) is 5. The number of hydrogen-bond donors (Lipinski definition) is 0. The van der Waals surface area contributed by atoms with Crippen LogP contribution < -0.4 is 0 Å². The van der Waals surface area contributed by atoms with E-state index in [1.165, 1.54) is 38.9 Å². The minimum Gasteiger partial charge on any atom is -0.383 e. The zero-order chi connectivity index (χ0) is 34.0. The normalized spacial score (nSPS) is 28.9. The Bertz CT molecular complexity index is 711. The van der Waals surface area contributed by atoms with Crippen molar-refractivity contribution in [2.24, 2.45) is 28.6 Å². The Hall–Kier alpha value is -0.690. The number of nitrogens with zero attached hydrogens (tertiary/aromatic N) is 3. The van der Waals surface area contributed by atoms with E-state index in [4.69, 9.17) is 9.47 Å². The molecule has 6 heteroatoms. The molecule has 4 rings (SSSR count). The van der Waals surface area contributed by atoms with Crippen molar-refractivity contribution in [3.8, 4) is 0 Å². The number of carbonyl (C=O) groups is 1. The van der Waals surface area contributed by atoms with Gasteiger partial charge in [0.1, 0.15) is 0 Å². The molecule has 0 bridgehead atoms. The second kappa shape index (κ2) is 21.9. The molecule has 4 aliphatic rings. The summed E-state index contributed by atoms with van der Waals surface area (Å²) in [4.78, 5) is 18.6. The van der Waals surface area contributed by atoms with E-state index >= 15 is 0 Å². The number of rotatable bonds is 7. The smallest absolute Gasteiger partial charge is 0.228 e. The van der Waals surface area contributed by atoms with Gasteiger partial charge in [-0.25, -0.2) is 0 Å². The van der Waals surface area contributed by atoms with Crippen LogP contribution in [0.5, 0.6) is 0 Å². The van der Waals surface area contributed by atoms with E-state index in [0.717, 1.165) is 57.2 Å². The third-order valence-corrected chi connectivity index (χ3v) is 10.8. The Balaban J connectivity index is 0. The van der Waals surface area contributed by atoms with Gasteiger partial charge in [-0.3, -0.25) is 14.6 Å². The van der Waals surface area contributed by atoms with Gasteiger partial charge in [-0.2, -0.15) is 0 Å². The zero-order valence-electron chi connectivity index (χ0n) is 32.4. The van der Waals surface area contributed by atoms with E-state index in [9.17, 15) is 4.79 Å². The molecule has 0 aromatic rings. The first-order valence-corrected chi connectivity index (χ1v) is 18.0. The van der Waals surface area contributed by atoms with Crippen LogP contribution >= 0.6 is 0 Å². The van der Waals surface area contributed by atoms with Crippen LogP contribution in [0.3, 0.4) is 0 Å². The SMILES string of the molecule is CC.CC.CC.CC(C)C1(C)CCN(C)C1=O.CC(C)C1(C)CCN(C2COC2)C1.COCCN1CCCC1(C)C(C)C. The topological polar surface area (TPSA) is 45.3 Å². The van der Waals surface area contributed by atoms with E-state index in [1.54, 1.807) is 7.11 Å². The van der Waals surface area contributed by atoms with Gasteiger partial charge in [-0.15, -0.1) is 0 Å². The average molecular weight is 614 g/mol. The van der Waals surface area contributed by atoms with Crippen LogP contribution in [0.1, 0.15) is 130 Å². The monoisotopic (exact) mass is 614 g/mol. The van der Waals surface area contributed by atoms with Crippen molar-refractivity contribution < 1.29 is 14.3 Å². The fourth-order valence-corrected chi connectivity index (χ4v) is 6.08. The highest BCUT2D eigenvalue weighted by molar-refractivity contribution is 5.84. The van der Waals surface area contributed by atoms with Gasteiger partial charge < -0.3 is 14.4 Å². The molecule has 0 spiro atoms. The molecule has 4 heterocycles. The van der Waals surface area contributed by atoms with Crippen molar-refractivity contribution in [3.63, 3.8) is 0 Å². The van der Waals surface area contributed by atoms with Gasteiger partial charge in [0.15, 0.2) is 0 Å². The lowest BCUT2D eigenvalue weighted by molar-refractivity contribution is -0.136.